The fourth-order valence-electron chi connectivity index (χ4n) is 5.09. The van der Waals surface area contributed by atoms with Crippen molar-refractivity contribution in [1.82, 2.24) is 0 Å². The monoisotopic (exact) mass is 590 g/mol. The van der Waals surface area contributed by atoms with E-state index >= 15 is 0 Å². The van der Waals surface area contributed by atoms with Crippen molar-refractivity contribution in [3.8, 4) is 11.5 Å². The molecule has 0 amide bonds. The second-order valence-corrected chi connectivity index (χ2v) is 13.4. The number of hydrogen-bond acceptors (Lipinski definition) is 8. The Morgan fingerprint density at radius 2 is 0.725 bits per heavy atom. The third-order valence-corrected chi connectivity index (χ3v) is 9.86. The number of benzene rings is 1. The quantitative estimate of drug-likeness (QED) is 0.222. The maximum atomic E-state index is 14.1. The Kier molecular flexibility index (Phi) is 10.0. The van der Waals surface area contributed by atoms with Crippen LogP contribution < -0.4 is 9.05 Å². The van der Waals surface area contributed by atoms with Gasteiger partial charge in [0.15, 0.2) is 11.5 Å². The van der Waals surface area contributed by atoms with Crippen molar-refractivity contribution in [1.29, 1.82) is 0 Å². The van der Waals surface area contributed by atoms with Gasteiger partial charge in [0.2, 0.25) is 0 Å². The maximum Gasteiger partial charge on any atom is 0.646 e. The molecule has 0 bridgehead atoms. The third kappa shape index (κ3) is 8.47. The summed E-state index contributed by atoms with van der Waals surface area (Å²) in [6, 6.07) is 6.60. The summed E-state index contributed by atoms with van der Waals surface area (Å²) in [5.41, 5.74) is 0. The first-order chi connectivity index (χ1) is 19.5. The standard InChI is InChI=1S/C30H40O8P2/c31-39(33-25-15-5-1-6-16-25,34-26-17-7-2-8-18-26)37-29-23-13-14-24-30(29)38-40(32,35-27-19-9-3-10-20-27)36-28-21-11-4-12-22-28/h13-15,17,19,21,23-24H,1-12,16,18,20,22H2. The minimum Gasteiger partial charge on any atom is -0.391 e. The van der Waals surface area contributed by atoms with E-state index in [9.17, 15) is 9.13 Å². The lowest BCUT2D eigenvalue weighted by Crippen LogP contribution is -2.08. The van der Waals surface area contributed by atoms with Crippen LogP contribution in [0.25, 0.3) is 0 Å². The molecule has 0 atom stereocenters. The molecule has 218 valence electrons. The molecule has 0 radical (unpaired) electrons. The van der Waals surface area contributed by atoms with Crippen molar-refractivity contribution in [2.45, 2.75) is 103 Å². The van der Waals surface area contributed by atoms with Gasteiger partial charge in [-0.2, -0.15) is 9.13 Å². The number of hydrogen-bond donors (Lipinski definition) is 0. The molecule has 0 aliphatic heterocycles. The Morgan fingerprint density at radius 1 is 0.425 bits per heavy atom. The second-order valence-electron chi connectivity index (χ2n) is 10.6. The fourth-order valence-corrected chi connectivity index (χ4v) is 7.91. The van der Waals surface area contributed by atoms with E-state index in [2.05, 4.69) is 0 Å². The van der Waals surface area contributed by atoms with Crippen molar-refractivity contribution in [3.05, 3.63) is 71.6 Å². The van der Waals surface area contributed by atoms with Crippen molar-refractivity contribution < 1.29 is 36.3 Å². The number of phosphoric ester groups is 2. The summed E-state index contributed by atoms with van der Waals surface area (Å²) in [5, 5.41) is 0. The Bertz CT molecular complexity index is 1090. The largest absolute Gasteiger partial charge is 0.646 e. The molecule has 0 spiro atoms. The molecule has 1 aromatic rings. The Balaban J connectivity index is 1.41. The van der Waals surface area contributed by atoms with Crippen LogP contribution in [0.4, 0.5) is 0 Å². The Labute approximate surface area is 237 Å². The summed E-state index contributed by atoms with van der Waals surface area (Å²) in [7, 11) is -8.30. The van der Waals surface area contributed by atoms with E-state index in [1.165, 1.54) is 0 Å². The molecule has 1 aromatic carbocycles. The van der Waals surface area contributed by atoms with Crippen molar-refractivity contribution >= 4 is 15.6 Å². The zero-order valence-corrected chi connectivity index (χ0v) is 24.9. The molecule has 0 heterocycles. The molecule has 0 unspecified atom stereocenters. The average Bonchev–Trinajstić information content (AvgIpc) is 2.96. The first-order valence-corrected chi connectivity index (χ1v) is 17.6. The number of phosphoric acid groups is 2. The minimum absolute atomic E-state index is 0.0707. The van der Waals surface area contributed by atoms with Gasteiger partial charge < -0.3 is 27.1 Å². The molecule has 4 aliphatic rings. The second kappa shape index (κ2) is 13.9. The molecule has 40 heavy (non-hydrogen) atoms. The molecule has 0 N–H and O–H groups in total. The minimum atomic E-state index is -4.15. The highest BCUT2D eigenvalue weighted by Crippen LogP contribution is 2.60. The molecule has 8 nitrogen and oxygen atoms in total. The first kappa shape index (κ1) is 29.0. The van der Waals surface area contributed by atoms with Crippen LogP contribution in [0.3, 0.4) is 0 Å². The predicted octanol–water partition coefficient (Wildman–Crippen LogP) is 10.6. The zero-order valence-electron chi connectivity index (χ0n) is 23.1. The summed E-state index contributed by atoms with van der Waals surface area (Å²) in [4.78, 5) is 0. The third-order valence-electron chi connectivity index (χ3n) is 7.18. The topological polar surface area (TPSA) is 89.5 Å². The van der Waals surface area contributed by atoms with Gasteiger partial charge in [-0.05, 0) is 113 Å². The summed E-state index contributed by atoms with van der Waals surface area (Å²) >= 11 is 0. The normalized spacial score (nSPS) is 20.2. The van der Waals surface area contributed by atoms with Gasteiger partial charge in [-0.3, -0.25) is 0 Å². The highest BCUT2D eigenvalue weighted by molar-refractivity contribution is 7.49. The van der Waals surface area contributed by atoms with E-state index < -0.39 is 15.6 Å². The SMILES string of the molecule is O=P(OC1=CCCCC1)(OC1=CCCCC1)Oc1ccccc1OP(=O)(OC1=CCCCC1)OC1=CCCCC1. The van der Waals surface area contributed by atoms with Gasteiger partial charge in [-0.15, -0.1) is 0 Å². The zero-order chi connectivity index (χ0) is 27.7. The first-order valence-electron chi connectivity index (χ1n) is 14.7. The highest BCUT2D eigenvalue weighted by Gasteiger charge is 2.39. The van der Waals surface area contributed by atoms with Gasteiger partial charge in [0.1, 0.15) is 23.0 Å². The molecule has 4 aliphatic carbocycles. The molecule has 5 rings (SSSR count). The Morgan fingerprint density at radius 3 is 0.975 bits per heavy atom. The summed E-state index contributed by atoms with van der Waals surface area (Å²) in [6.45, 7) is 0. The van der Waals surface area contributed by atoms with Crippen LogP contribution >= 0.6 is 15.6 Å². The maximum absolute atomic E-state index is 14.1. The van der Waals surface area contributed by atoms with Crippen LogP contribution in [0.15, 0.2) is 71.6 Å². The number of rotatable bonds is 12. The van der Waals surface area contributed by atoms with Crippen molar-refractivity contribution in [3.63, 3.8) is 0 Å². The average molecular weight is 591 g/mol. The molecule has 0 saturated carbocycles. The number of allylic oxidation sites excluding steroid dienone is 8. The van der Waals surface area contributed by atoms with E-state index in [4.69, 9.17) is 27.1 Å². The van der Waals surface area contributed by atoms with E-state index in [1.807, 2.05) is 24.3 Å². The fraction of sp³-hybridized carbons (Fsp3) is 0.533. The number of para-hydroxylation sites is 2. The van der Waals surface area contributed by atoms with Crippen LogP contribution in [0.5, 0.6) is 11.5 Å². The van der Waals surface area contributed by atoms with Gasteiger partial charge >= 0.3 is 15.6 Å². The highest BCUT2D eigenvalue weighted by atomic mass is 31.2. The molecule has 0 aromatic heterocycles. The molecule has 0 saturated heterocycles. The lowest BCUT2D eigenvalue weighted by molar-refractivity contribution is 0.196. The lowest BCUT2D eigenvalue weighted by atomic mass is 10.1. The van der Waals surface area contributed by atoms with E-state index in [-0.39, 0.29) is 11.5 Å². The predicted molar refractivity (Wildman–Crippen MR) is 153 cm³/mol. The smallest absolute Gasteiger partial charge is 0.391 e. The van der Waals surface area contributed by atoms with Crippen LogP contribution in [0.1, 0.15) is 103 Å². The van der Waals surface area contributed by atoms with Gasteiger partial charge in [0, 0.05) is 25.7 Å². The van der Waals surface area contributed by atoms with Gasteiger partial charge in [-0.1, -0.05) is 12.1 Å². The van der Waals surface area contributed by atoms with Crippen LogP contribution in [-0.4, -0.2) is 0 Å². The Hall–Kier alpha value is -2.56. The van der Waals surface area contributed by atoms with Crippen molar-refractivity contribution in [2.75, 3.05) is 0 Å². The lowest BCUT2D eigenvalue weighted by Gasteiger charge is -2.26. The molecule has 0 fully saturated rings. The van der Waals surface area contributed by atoms with Gasteiger partial charge in [-0.25, -0.2) is 0 Å². The molecular weight excluding hydrogens is 550 g/mol. The molecule has 10 heteroatoms. The van der Waals surface area contributed by atoms with E-state index in [1.54, 1.807) is 24.3 Å². The molecular formula is C30H40O8P2. The van der Waals surface area contributed by atoms with Gasteiger partial charge in [0.05, 0.1) is 0 Å². The van der Waals surface area contributed by atoms with Crippen LogP contribution in [-0.2, 0) is 27.2 Å². The van der Waals surface area contributed by atoms with E-state index in [0.29, 0.717) is 48.7 Å². The van der Waals surface area contributed by atoms with Crippen LogP contribution in [0, 0.1) is 0 Å². The van der Waals surface area contributed by atoms with E-state index in [0.717, 1.165) is 77.0 Å². The summed E-state index contributed by atoms with van der Waals surface area (Å²) in [6.07, 6.45) is 21.8. The van der Waals surface area contributed by atoms with Gasteiger partial charge in [0.25, 0.3) is 0 Å². The summed E-state index contributed by atoms with van der Waals surface area (Å²) in [5.74, 6) is 2.51. The summed E-state index contributed by atoms with van der Waals surface area (Å²) < 4.78 is 64.0. The van der Waals surface area contributed by atoms with Crippen molar-refractivity contribution in [2.24, 2.45) is 0 Å². The van der Waals surface area contributed by atoms with Crippen LogP contribution in [0.2, 0.25) is 0 Å².